The number of ether oxygens (including phenoxy) is 1. The van der Waals surface area contributed by atoms with Crippen molar-refractivity contribution < 1.29 is 4.74 Å². The molecule has 1 heterocycles. The maximum atomic E-state index is 7.53. The third-order valence-corrected chi connectivity index (χ3v) is 2.81. The van der Waals surface area contributed by atoms with Crippen LogP contribution < -0.4 is 5.73 Å². The molecule has 0 bridgehead atoms. The summed E-state index contributed by atoms with van der Waals surface area (Å²) in [6, 6.07) is 7.84. The van der Waals surface area contributed by atoms with Crippen LogP contribution in [0.2, 0.25) is 0 Å². The molecule has 0 aliphatic carbocycles. The van der Waals surface area contributed by atoms with Crippen molar-refractivity contribution in [3.8, 4) is 0 Å². The molecule has 0 atom stereocenters. The van der Waals surface area contributed by atoms with Gasteiger partial charge >= 0.3 is 0 Å². The van der Waals surface area contributed by atoms with E-state index in [0.717, 1.165) is 44.0 Å². The SMILES string of the molecule is Cl.N=C(N)c1ccccc1CN1CCOCC1. The largest absolute Gasteiger partial charge is 0.384 e. The van der Waals surface area contributed by atoms with Gasteiger partial charge in [0, 0.05) is 25.2 Å². The normalized spacial score (nSPS) is 16.2. The third kappa shape index (κ3) is 3.70. The van der Waals surface area contributed by atoms with Gasteiger partial charge < -0.3 is 10.5 Å². The van der Waals surface area contributed by atoms with Crippen LogP contribution in [0.5, 0.6) is 0 Å². The van der Waals surface area contributed by atoms with E-state index in [4.69, 9.17) is 15.9 Å². The lowest BCUT2D eigenvalue weighted by Crippen LogP contribution is -2.36. The summed E-state index contributed by atoms with van der Waals surface area (Å²) in [6.07, 6.45) is 0. The average molecular weight is 256 g/mol. The van der Waals surface area contributed by atoms with Gasteiger partial charge in [-0.15, -0.1) is 12.4 Å². The molecule has 0 saturated carbocycles. The minimum atomic E-state index is 0. The standard InChI is InChI=1S/C12H17N3O.ClH/c13-12(14)11-4-2-1-3-10(11)9-15-5-7-16-8-6-15;/h1-4H,5-9H2,(H3,13,14);1H. The highest BCUT2D eigenvalue weighted by Gasteiger charge is 2.13. The summed E-state index contributed by atoms with van der Waals surface area (Å²) in [5.41, 5.74) is 7.52. The quantitative estimate of drug-likeness (QED) is 0.631. The van der Waals surface area contributed by atoms with E-state index >= 15 is 0 Å². The summed E-state index contributed by atoms with van der Waals surface area (Å²) >= 11 is 0. The molecule has 4 nitrogen and oxygen atoms in total. The summed E-state index contributed by atoms with van der Waals surface area (Å²) in [4.78, 5) is 2.32. The minimum Gasteiger partial charge on any atom is -0.384 e. The fourth-order valence-corrected chi connectivity index (χ4v) is 1.92. The van der Waals surface area contributed by atoms with Gasteiger partial charge in [-0.3, -0.25) is 10.3 Å². The second-order valence-corrected chi connectivity index (χ2v) is 3.96. The number of benzene rings is 1. The number of nitrogens with two attached hydrogens (primary N) is 1. The van der Waals surface area contributed by atoms with Gasteiger partial charge in [-0.2, -0.15) is 0 Å². The molecule has 0 amide bonds. The van der Waals surface area contributed by atoms with Crippen LogP contribution >= 0.6 is 12.4 Å². The van der Waals surface area contributed by atoms with Gasteiger partial charge in [0.15, 0.2) is 0 Å². The molecular weight excluding hydrogens is 238 g/mol. The van der Waals surface area contributed by atoms with E-state index in [0.29, 0.717) is 0 Å². The maximum absolute atomic E-state index is 7.53. The fraction of sp³-hybridized carbons (Fsp3) is 0.417. The highest BCUT2D eigenvalue weighted by molar-refractivity contribution is 5.96. The van der Waals surface area contributed by atoms with Gasteiger partial charge in [0.1, 0.15) is 5.84 Å². The molecule has 0 aromatic heterocycles. The molecule has 1 aliphatic heterocycles. The van der Waals surface area contributed by atoms with Gasteiger partial charge in [-0.25, -0.2) is 0 Å². The average Bonchev–Trinajstić information content (AvgIpc) is 2.31. The lowest BCUT2D eigenvalue weighted by Gasteiger charge is -2.27. The molecule has 0 unspecified atom stereocenters. The van der Waals surface area contributed by atoms with E-state index in [1.54, 1.807) is 0 Å². The second-order valence-electron chi connectivity index (χ2n) is 3.96. The first-order valence-corrected chi connectivity index (χ1v) is 5.50. The Labute approximate surface area is 108 Å². The zero-order valence-corrected chi connectivity index (χ0v) is 10.5. The molecule has 17 heavy (non-hydrogen) atoms. The molecule has 1 fully saturated rings. The van der Waals surface area contributed by atoms with Gasteiger partial charge in [-0.05, 0) is 5.56 Å². The highest BCUT2D eigenvalue weighted by atomic mass is 35.5. The first kappa shape index (κ1) is 14.0. The van der Waals surface area contributed by atoms with Crippen LogP contribution in [0, 0.1) is 5.41 Å². The topological polar surface area (TPSA) is 62.3 Å². The Kier molecular flexibility index (Phi) is 5.41. The Morgan fingerprint density at radius 1 is 1.29 bits per heavy atom. The van der Waals surface area contributed by atoms with Gasteiger partial charge in [0.25, 0.3) is 0 Å². The Bertz CT molecular complexity index is 378. The van der Waals surface area contributed by atoms with Gasteiger partial charge in [0.2, 0.25) is 0 Å². The minimum absolute atomic E-state index is 0. The number of amidine groups is 1. The monoisotopic (exact) mass is 255 g/mol. The van der Waals surface area contributed by atoms with Crippen LogP contribution in [0.4, 0.5) is 0 Å². The van der Waals surface area contributed by atoms with Crippen LogP contribution in [-0.4, -0.2) is 37.0 Å². The van der Waals surface area contributed by atoms with Crippen molar-refractivity contribution in [2.45, 2.75) is 6.54 Å². The predicted octanol–water partition coefficient (Wildman–Crippen LogP) is 1.22. The first-order valence-electron chi connectivity index (χ1n) is 5.50. The summed E-state index contributed by atoms with van der Waals surface area (Å²) in [7, 11) is 0. The molecule has 1 saturated heterocycles. The van der Waals surface area contributed by atoms with Crippen LogP contribution in [-0.2, 0) is 11.3 Å². The smallest absolute Gasteiger partial charge is 0.123 e. The number of nitrogens with one attached hydrogen (secondary N) is 1. The summed E-state index contributed by atoms with van der Waals surface area (Å²) < 4.78 is 5.31. The lowest BCUT2D eigenvalue weighted by molar-refractivity contribution is 0.0341. The Morgan fingerprint density at radius 2 is 1.94 bits per heavy atom. The zero-order chi connectivity index (χ0) is 11.4. The van der Waals surface area contributed by atoms with Crippen molar-refractivity contribution in [2.75, 3.05) is 26.3 Å². The number of nitrogens with zero attached hydrogens (tertiary/aromatic N) is 1. The molecule has 1 aromatic carbocycles. The molecule has 0 spiro atoms. The Balaban J connectivity index is 0.00000144. The third-order valence-electron chi connectivity index (χ3n) is 2.81. The number of nitrogen functional groups attached to an aromatic ring is 1. The van der Waals surface area contributed by atoms with Crippen molar-refractivity contribution >= 4 is 18.2 Å². The van der Waals surface area contributed by atoms with Crippen LogP contribution in [0.1, 0.15) is 11.1 Å². The molecule has 1 aromatic rings. The van der Waals surface area contributed by atoms with E-state index in [1.165, 1.54) is 0 Å². The van der Waals surface area contributed by atoms with Crippen molar-refractivity contribution in [1.29, 1.82) is 5.41 Å². The highest BCUT2D eigenvalue weighted by Crippen LogP contribution is 2.12. The van der Waals surface area contributed by atoms with E-state index in [2.05, 4.69) is 4.90 Å². The number of morpholine rings is 1. The number of rotatable bonds is 3. The molecule has 1 aliphatic rings. The maximum Gasteiger partial charge on any atom is 0.123 e. The Morgan fingerprint density at radius 3 is 2.59 bits per heavy atom. The number of hydrogen-bond donors (Lipinski definition) is 2. The van der Waals surface area contributed by atoms with Crippen LogP contribution in [0.3, 0.4) is 0 Å². The van der Waals surface area contributed by atoms with Crippen molar-refractivity contribution in [2.24, 2.45) is 5.73 Å². The van der Waals surface area contributed by atoms with Crippen molar-refractivity contribution in [3.05, 3.63) is 35.4 Å². The number of hydrogen-bond acceptors (Lipinski definition) is 3. The van der Waals surface area contributed by atoms with E-state index in [1.807, 2.05) is 24.3 Å². The van der Waals surface area contributed by atoms with Crippen molar-refractivity contribution in [3.63, 3.8) is 0 Å². The molecule has 2 rings (SSSR count). The van der Waals surface area contributed by atoms with Crippen LogP contribution in [0.25, 0.3) is 0 Å². The van der Waals surface area contributed by atoms with E-state index < -0.39 is 0 Å². The summed E-state index contributed by atoms with van der Waals surface area (Å²) in [5, 5.41) is 7.53. The predicted molar refractivity (Wildman–Crippen MR) is 70.8 cm³/mol. The number of halogens is 1. The Hall–Kier alpha value is -1.10. The molecule has 3 N–H and O–H groups in total. The summed E-state index contributed by atoms with van der Waals surface area (Å²) in [6.45, 7) is 4.34. The fourth-order valence-electron chi connectivity index (χ4n) is 1.92. The van der Waals surface area contributed by atoms with Gasteiger partial charge in [0.05, 0.1) is 13.2 Å². The van der Waals surface area contributed by atoms with Gasteiger partial charge in [-0.1, -0.05) is 24.3 Å². The van der Waals surface area contributed by atoms with E-state index in [9.17, 15) is 0 Å². The summed E-state index contributed by atoms with van der Waals surface area (Å²) in [5.74, 6) is 0.142. The second kappa shape index (κ2) is 6.59. The van der Waals surface area contributed by atoms with Crippen LogP contribution in [0.15, 0.2) is 24.3 Å². The molecular formula is C12H18ClN3O. The van der Waals surface area contributed by atoms with E-state index in [-0.39, 0.29) is 18.2 Å². The zero-order valence-electron chi connectivity index (χ0n) is 9.69. The first-order chi connectivity index (χ1) is 7.77. The molecule has 5 heteroatoms. The molecule has 94 valence electrons. The molecule has 0 radical (unpaired) electrons. The lowest BCUT2D eigenvalue weighted by atomic mass is 10.1. The van der Waals surface area contributed by atoms with Crippen molar-refractivity contribution in [1.82, 2.24) is 4.90 Å².